The summed E-state index contributed by atoms with van der Waals surface area (Å²) >= 11 is 6.44. The highest BCUT2D eigenvalue weighted by atomic mass is 32.2. The van der Waals surface area contributed by atoms with Crippen LogP contribution in [-0.2, 0) is 9.53 Å². The van der Waals surface area contributed by atoms with Crippen LogP contribution >= 0.6 is 24.0 Å². The summed E-state index contributed by atoms with van der Waals surface area (Å²) in [6.07, 6.45) is 0.723. The van der Waals surface area contributed by atoms with Crippen LogP contribution < -0.4 is 14.9 Å². The quantitative estimate of drug-likeness (QED) is 0.435. The normalized spacial score (nSPS) is 19.7. The summed E-state index contributed by atoms with van der Waals surface area (Å²) in [7, 11) is 2.92. The number of nitrogens with zero attached hydrogens (tertiary/aromatic N) is 1. The Bertz CT molecular complexity index is 1060. The number of hydrogen-bond donors (Lipinski definition) is 1. The zero-order chi connectivity index (χ0) is 20.7. The number of rotatable bonds is 5. The predicted molar refractivity (Wildman–Crippen MR) is 109 cm³/mol. The number of thioether (sulfide) groups is 1. The molecule has 1 saturated heterocycles. The molecule has 1 N–H and O–H groups in total. The number of fused-ring (bicyclic) bond motifs is 1. The van der Waals surface area contributed by atoms with Crippen molar-refractivity contribution in [3.63, 3.8) is 0 Å². The molecule has 4 rings (SSSR count). The van der Waals surface area contributed by atoms with Crippen molar-refractivity contribution in [1.82, 2.24) is 10.4 Å². The van der Waals surface area contributed by atoms with E-state index in [1.54, 1.807) is 30.3 Å². The van der Waals surface area contributed by atoms with Crippen molar-refractivity contribution in [2.24, 2.45) is 0 Å². The molecule has 1 aromatic carbocycles. The van der Waals surface area contributed by atoms with Crippen LogP contribution in [0.4, 0.5) is 0 Å². The van der Waals surface area contributed by atoms with Crippen LogP contribution in [0.25, 0.3) is 6.08 Å². The highest BCUT2D eigenvalue weighted by Crippen LogP contribution is 2.42. The third kappa shape index (κ3) is 3.39. The lowest BCUT2D eigenvalue weighted by molar-refractivity contribution is -0.126. The lowest BCUT2D eigenvalue weighted by Crippen LogP contribution is -2.43. The van der Waals surface area contributed by atoms with Gasteiger partial charge in [-0.25, -0.2) is 9.80 Å². The number of furan rings is 1. The summed E-state index contributed by atoms with van der Waals surface area (Å²) in [4.78, 5) is 25.6. The van der Waals surface area contributed by atoms with Crippen molar-refractivity contribution >= 4 is 46.3 Å². The first kappa shape index (κ1) is 19.5. The first-order valence-corrected chi connectivity index (χ1v) is 9.72. The minimum atomic E-state index is -0.898. The van der Waals surface area contributed by atoms with Crippen LogP contribution in [0.2, 0.25) is 0 Å². The summed E-state index contributed by atoms with van der Waals surface area (Å²) in [6.45, 7) is 1.82. The van der Waals surface area contributed by atoms with Crippen LogP contribution in [0, 0.1) is 6.92 Å². The molecule has 29 heavy (non-hydrogen) atoms. The molecule has 150 valence electrons. The number of methoxy groups -OCH3 is 2. The number of amides is 1. The van der Waals surface area contributed by atoms with Crippen molar-refractivity contribution in [3.8, 4) is 11.5 Å². The van der Waals surface area contributed by atoms with Gasteiger partial charge >= 0.3 is 5.97 Å². The molecule has 0 saturated carbocycles. The Balaban J connectivity index is 1.60. The average molecular weight is 432 g/mol. The minimum Gasteiger partial charge on any atom is -0.493 e. The van der Waals surface area contributed by atoms with E-state index in [0.29, 0.717) is 22.0 Å². The summed E-state index contributed by atoms with van der Waals surface area (Å²) in [5, 5.41) is 1.19. The van der Waals surface area contributed by atoms with Gasteiger partial charge < -0.3 is 18.6 Å². The number of thiocarbonyl (C=S) groups is 1. The zero-order valence-electron chi connectivity index (χ0n) is 15.7. The molecule has 0 radical (unpaired) electrons. The highest BCUT2D eigenvalue weighted by Gasteiger charge is 2.40. The van der Waals surface area contributed by atoms with Crippen LogP contribution in [0.5, 0.6) is 11.5 Å². The number of aryl methyl sites for hydroxylation is 1. The SMILES string of the molecule is COc1ccc2c(c1OC)C(=O)OC2NN1C(=O)/C(=C/c2ccc(C)o2)SC1=S. The van der Waals surface area contributed by atoms with Crippen LogP contribution in [0.3, 0.4) is 0 Å². The molecule has 8 nitrogen and oxygen atoms in total. The van der Waals surface area contributed by atoms with Gasteiger partial charge in [0.2, 0.25) is 0 Å². The molecule has 2 aromatic rings. The molecule has 1 fully saturated rings. The third-order valence-electron chi connectivity index (χ3n) is 4.36. The molecule has 0 aliphatic carbocycles. The predicted octanol–water partition coefficient (Wildman–Crippen LogP) is 3.18. The van der Waals surface area contributed by atoms with E-state index in [1.807, 2.05) is 6.92 Å². The van der Waals surface area contributed by atoms with Crippen molar-refractivity contribution in [3.05, 3.63) is 51.8 Å². The Morgan fingerprint density at radius 3 is 2.66 bits per heavy atom. The summed E-state index contributed by atoms with van der Waals surface area (Å²) in [6, 6.07) is 6.92. The minimum absolute atomic E-state index is 0.247. The van der Waals surface area contributed by atoms with Crippen molar-refractivity contribution in [2.45, 2.75) is 13.2 Å². The molecule has 10 heteroatoms. The van der Waals surface area contributed by atoms with Gasteiger partial charge in [0, 0.05) is 11.6 Å². The highest BCUT2D eigenvalue weighted by molar-refractivity contribution is 8.26. The van der Waals surface area contributed by atoms with Crippen LogP contribution in [-0.4, -0.2) is 35.4 Å². The molecule has 2 aliphatic rings. The van der Waals surface area contributed by atoms with Crippen LogP contribution in [0.15, 0.2) is 33.6 Å². The third-order valence-corrected chi connectivity index (χ3v) is 5.67. The fourth-order valence-electron chi connectivity index (χ4n) is 3.05. The number of cyclic esters (lactones) is 1. The van der Waals surface area contributed by atoms with E-state index in [-0.39, 0.29) is 21.5 Å². The summed E-state index contributed by atoms with van der Waals surface area (Å²) < 4.78 is 21.7. The number of nitrogens with one attached hydrogen (secondary N) is 1. The molecule has 1 atom stereocenters. The molecule has 1 amide bonds. The molecule has 3 heterocycles. The molecular formula is C19H16N2O6S2. The van der Waals surface area contributed by atoms with Crippen molar-refractivity contribution in [2.75, 3.05) is 14.2 Å². The average Bonchev–Trinajstić information content (AvgIpc) is 3.34. The number of hydrazine groups is 1. The van der Waals surface area contributed by atoms with Gasteiger partial charge in [0.15, 0.2) is 22.0 Å². The van der Waals surface area contributed by atoms with Gasteiger partial charge in [0.05, 0.1) is 19.1 Å². The van der Waals surface area contributed by atoms with Gasteiger partial charge in [0.1, 0.15) is 17.1 Å². The Hall–Kier alpha value is -2.82. The number of carbonyl (C=O) groups is 2. The van der Waals surface area contributed by atoms with E-state index in [0.717, 1.165) is 17.5 Å². The van der Waals surface area contributed by atoms with Gasteiger partial charge in [-0.1, -0.05) is 24.0 Å². The van der Waals surface area contributed by atoms with Crippen molar-refractivity contribution < 1.29 is 28.2 Å². The largest absolute Gasteiger partial charge is 0.493 e. The lowest BCUT2D eigenvalue weighted by Gasteiger charge is -2.21. The van der Waals surface area contributed by atoms with E-state index in [2.05, 4.69) is 5.43 Å². The van der Waals surface area contributed by atoms with Crippen molar-refractivity contribution in [1.29, 1.82) is 0 Å². The number of hydrogen-bond acceptors (Lipinski definition) is 9. The fraction of sp³-hybridized carbons (Fsp3) is 0.211. The molecule has 1 aromatic heterocycles. The van der Waals surface area contributed by atoms with E-state index in [4.69, 9.17) is 30.8 Å². The summed E-state index contributed by atoms with van der Waals surface area (Å²) in [5.41, 5.74) is 3.65. The molecular weight excluding hydrogens is 416 g/mol. The maximum Gasteiger partial charge on any atom is 0.344 e. The van der Waals surface area contributed by atoms with E-state index >= 15 is 0 Å². The second-order valence-electron chi connectivity index (χ2n) is 6.15. The van der Waals surface area contributed by atoms with E-state index < -0.39 is 12.2 Å². The van der Waals surface area contributed by atoms with Gasteiger partial charge in [0.25, 0.3) is 5.91 Å². The lowest BCUT2D eigenvalue weighted by atomic mass is 10.1. The Morgan fingerprint density at radius 2 is 2.00 bits per heavy atom. The standard InChI is InChI=1S/C19H16N2O6S2/c1-9-4-5-10(26-9)8-13-17(22)21(19(28)29-13)20-16-11-6-7-12(24-2)15(25-3)14(11)18(23)27-16/h4-8,16,20H,1-3H3/b13-8-. The van der Waals surface area contributed by atoms with Crippen LogP contribution in [0.1, 0.15) is 33.7 Å². The molecule has 0 spiro atoms. The Labute approximate surface area is 175 Å². The van der Waals surface area contributed by atoms with E-state index in [9.17, 15) is 9.59 Å². The maximum atomic E-state index is 12.8. The number of carbonyl (C=O) groups excluding carboxylic acids is 2. The number of ether oxygens (including phenoxy) is 3. The topological polar surface area (TPSA) is 90.2 Å². The molecule has 1 unspecified atom stereocenters. The zero-order valence-corrected chi connectivity index (χ0v) is 17.3. The maximum absolute atomic E-state index is 12.8. The second-order valence-corrected chi connectivity index (χ2v) is 7.82. The van der Waals surface area contributed by atoms with E-state index in [1.165, 1.54) is 19.2 Å². The fourth-order valence-corrected chi connectivity index (χ4v) is 4.23. The van der Waals surface area contributed by atoms with Gasteiger partial charge in [-0.2, -0.15) is 5.43 Å². The van der Waals surface area contributed by atoms with Gasteiger partial charge in [-0.05, 0) is 31.2 Å². The summed E-state index contributed by atoms with van der Waals surface area (Å²) in [5.74, 6) is 1.03. The monoisotopic (exact) mass is 432 g/mol. The first-order chi connectivity index (χ1) is 13.9. The smallest absolute Gasteiger partial charge is 0.344 e. The molecule has 2 aliphatic heterocycles. The number of esters is 1. The first-order valence-electron chi connectivity index (χ1n) is 8.49. The second kappa shape index (κ2) is 7.54. The Morgan fingerprint density at radius 1 is 1.21 bits per heavy atom. The number of benzene rings is 1. The van der Waals surface area contributed by atoms with Gasteiger partial charge in [-0.15, -0.1) is 0 Å². The van der Waals surface area contributed by atoms with Gasteiger partial charge in [-0.3, -0.25) is 4.79 Å². The molecule has 0 bridgehead atoms. The Kier molecular flexibility index (Phi) is 5.07.